The summed E-state index contributed by atoms with van der Waals surface area (Å²) in [6.07, 6.45) is 0. The summed E-state index contributed by atoms with van der Waals surface area (Å²) in [6, 6.07) is 6.04. The molecule has 0 bridgehead atoms. The second-order valence-corrected chi connectivity index (χ2v) is 7.32. The van der Waals surface area contributed by atoms with Gasteiger partial charge in [-0.3, -0.25) is 0 Å². The van der Waals surface area contributed by atoms with Gasteiger partial charge < -0.3 is 15.3 Å². The zero-order chi connectivity index (χ0) is 15.6. The van der Waals surface area contributed by atoms with E-state index >= 15 is 0 Å². The second-order valence-electron chi connectivity index (χ2n) is 6.91. The SMILES string of the molecule is CN(c1ccc(CNC(C)(C)C)c(Cl)c1)C(C)(C)CO. The van der Waals surface area contributed by atoms with Gasteiger partial charge in [-0.1, -0.05) is 17.7 Å². The van der Waals surface area contributed by atoms with Gasteiger partial charge in [-0.05, 0) is 52.3 Å². The van der Waals surface area contributed by atoms with E-state index in [0.29, 0.717) is 0 Å². The number of nitrogens with zero attached hydrogens (tertiary/aromatic N) is 1. The van der Waals surface area contributed by atoms with Gasteiger partial charge in [0.1, 0.15) is 0 Å². The Bertz CT molecular complexity index is 452. The summed E-state index contributed by atoms with van der Waals surface area (Å²) < 4.78 is 0. The van der Waals surface area contributed by atoms with Crippen molar-refractivity contribution in [2.24, 2.45) is 0 Å². The monoisotopic (exact) mass is 298 g/mol. The molecule has 1 rings (SSSR count). The number of hydrogen-bond acceptors (Lipinski definition) is 3. The molecule has 0 amide bonds. The second kappa shape index (κ2) is 6.33. The number of benzene rings is 1. The Morgan fingerprint density at radius 3 is 2.25 bits per heavy atom. The highest BCUT2D eigenvalue weighted by molar-refractivity contribution is 6.31. The Kier molecular flexibility index (Phi) is 5.47. The lowest BCUT2D eigenvalue weighted by atomic mass is 10.0. The van der Waals surface area contributed by atoms with Crippen LogP contribution in [0.25, 0.3) is 0 Å². The zero-order valence-electron chi connectivity index (χ0n) is 13.4. The average molecular weight is 299 g/mol. The standard InChI is InChI=1S/C16H27ClN2O/c1-15(2,3)18-10-12-7-8-13(9-14(12)17)19(6)16(4,5)11-20/h7-9,18,20H,10-11H2,1-6H3. The predicted molar refractivity (Wildman–Crippen MR) is 87.6 cm³/mol. The predicted octanol–water partition coefficient (Wildman–Crippen LogP) is 3.44. The summed E-state index contributed by atoms with van der Waals surface area (Å²) in [7, 11) is 1.97. The quantitative estimate of drug-likeness (QED) is 0.874. The number of aliphatic hydroxyl groups is 1. The van der Waals surface area contributed by atoms with Crippen LogP contribution in [0, 0.1) is 0 Å². The van der Waals surface area contributed by atoms with Crippen molar-refractivity contribution >= 4 is 17.3 Å². The Morgan fingerprint density at radius 1 is 1.20 bits per heavy atom. The van der Waals surface area contributed by atoms with Gasteiger partial charge in [0.2, 0.25) is 0 Å². The van der Waals surface area contributed by atoms with E-state index in [4.69, 9.17) is 11.6 Å². The molecule has 0 saturated heterocycles. The fourth-order valence-electron chi connectivity index (χ4n) is 1.70. The van der Waals surface area contributed by atoms with Crippen LogP contribution in [0.4, 0.5) is 5.69 Å². The third-order valence-corrected chi connectivity index (χ3v) is 3.88. The van der Waals surface area contributed by atoms with Crippen LogP contribution in [0.1, 0.15) is 40.2 Å². The lowest BCUT2D eigenvalue weighted by molar-refractivity contribution is 0.216. The maximum Gasteiger partial charge on any atom is 0.0658 e. The Hall–Kier alpha value is -0.770. The van der Waals surface area contributed by atoms with Crippen LogP contribution in [0.2, 0.25) is 5.02 Å². The molecule has 1 aromatic rings. The van der Waals surface area contributed by atoms with E-state index in [-0.39, 0.29) is 17.7 Å². The van der Waals surface area contributed by atoms with Crippen LogP contribution in [0.3, 0.4) is 0 Å². The molecule has 2 N–H and O–H groups in total. The molecule has 0 radical (unpaired) electrons. The molecule has 0 unspecified atom stereocenters. The van der Waals surface area contributed by atoms with Gasteiger partial charge in [0.15, 0.2) is 0 Å². The number of likely N-dealkylation sites (N-methyl/N-ethyl adjacent to an activating group) is 1. The molecule has 0 heterocycles. The third-order valence-electron chi connectivity index (χ3n) is 3.53. The molecule has 0 fully saturated rings. The van der Waals surface area contributed by atoms with Crippen molar-refractivity contribution in [2.45, 2.75) is 52.2 Å². The van der Waals surface area contributed by atoms with Crippen LogP contribution < -0.4 is 10.2 Å². The van der Waals surface area contributed by atoms with Crippen molar-refractivity contribution in [1.82, 2.24) is 5.32 Å². The summed E-state index contributed by atoms with van der Waals surface area (Å²) >= 11 is 6.37. The van der Waals surface area contributed by atoms with Crippen LogP contribution in [-0.4, -0.2) is 29.8 Å². The molecule has 1 aromatic carbocycles. The fourth-order valence-corrected chi connectivity index (χ4v) is 1.95. The molecule has 0 aliphatic heterocycles. The highest BCUT2D eigenvalue weighted by Gasteiger charge is 2.23. The van der Waals surface area contributed by atoms with Gasteiger partial charge in [0.05, 0.1) is 12.1 Å². The first-order chi connectivity index (χ1) is 9.07. The number of halogens is 1. The fraction of sp³-hybridized carbons (Fsp3) is 0.625. The van der Waals surface area contributed by atoms with E-state index in [2.05, 4.69) is 26.1 Å². The van der Waals surface area contributed by atoms with E-state index in [1.165, 1.54) is 0 Å². The Balaban J connectivity index is 2.88. The van der Waals surface area contributed by atoms with E-state index in [9.17, 15) is 5.11 Å². The van der Waals surface area contributed by atoms with E-state index < -0.39 is 0 Å². The third kappa shape index (κ3) is 4.65. The van der Waals surface area contributed by atoms with Gasteiger partial charge in [-0.2, -0.15) is 0 Å². The van der Waals surface area contributed by atoms with Crippen molar-refractivity contribution in [1.29, 1.82) is 0 Å². The minimum Gasteiger partial charge on any atom is -0.394 e. The minimum absolute atomic E-state index is 0.0671. The van der Waals surface area contributed by atoms with Crippen molar-refractivity contribution in [2.75, 3.05) is 18.6 Å². The lowest BCUT2D eigenvalue weighted by Gasteiger charge is -2.36. The Labute approximate surface area is 127 Å². The maximum absolute atomic E-state index is 9.44. The maximum atomic E-state index is 9.44. The molecule has 20 heavy (non-hydrogen) atoms. The van der Waals surface area contributed by atoms with E-state index in [1.54, 1.807) is 0 Å². The number of aliphatic hydroxyl groups excluding tert-OH is 1. The summed E-state index contributed by atoms with van der Waals surface area (Å²) in [5.41, 5.74) is 1.85. The van der Waals surface area contributed by atoms with Crippen molar-refractivity contribution < 1.29 is 5.11 Å². The molecule has 0 saturated carbocycles. The molecule has 0 atom stereocenters. The van der Waals surface area contributed by atoms with Crippen molar-refractivity contribution in [3.63, 3.8) is 0 Å². The Morgan fingerprint density at radius 2 is 1.80 bits per heavy atom. The smallest absolute Gasteiger partial charge is 0.0658 e. The van der Waals surface area contributed by atoms with Crippen LogP contribution in [0.5, 0.6) is 0 Å². The molecule has 0 aliphatic carbocycles. The lowest BCUT2D eigenvalue weighted by Crippen LogP contribution is -2.44. The summed E-state index contributed by atoms with van der Waals surface area (Å²) in [4.78, 5) is 2.04. The molecule has 0 aliphatic rings. The van der Waals surface area contributed by atoms with Crippen molar-refractivity contribution in [3.05, 3.63) is 28.8 Å². The number of hydrogen-bond donors (Lipinski definition) is 2. The van der Waals surface area contributed by atoms with Gasteiger partial charge in [-0.15, -0.1) is 0 Å². The molecule has 0 spiro atoms. The highest BCUT2D eigenvalue weighted by Crippen LogP contribution is 2.27. The number of nitrogens with one attached hydrogen (secondary N) is 1. The first-order valence-corrected chi connectivity index (χ1v) is 7.33. The number of anilines is 1. The molecular weight excluding hydrogens is 272 g/mol. The minimum atomic E-state index is -0.311. The molecule has 4 heteroatoms. The molecule has 114 valence electrons. The van der Waals surface area contributed by atoms with Gasteiger partial charge in [-0.25, -0.2) is 0 Å². The average Bonchev–Trinajstić information content (AvgIpc) is 2.35. The van der Waals surface area contributed by atoms with Crippen LogP contribution in [0.15, 0.2) is 18.2 Å². The topological polar surface area (TPSA) is 35.5 Å². The highest BCUT2D eigenvalue weighted by atomic mass is 35.5. The van der Waals surface area contributed by atoms with E-state index in [0.717, 1.165) is 22.8 Å². The van der Waals surface area contributed by atoms with Crippen LogP contribution >= 0.6 is 11.6 Å². The summed E-state index contributed by atoms with van der Waals surface area (Å²) in [5, 5.41) is 13.6. The van der Waals surface area contributed by atoms with Gasteiger partial charge >= 0.3 is 0 Å². The molecule has 3 nitrogen and oxygen atoms in total. The zero-order valence-corrected chi connectivity index (χ0v) is 14.2. The summed E-state index contributed by atoms with van der Waals surface area (Å²) in [5.74, 6) is 0. The molecular formula is C16H27ClN2O. The van der Waals surface area contributed by atoms with E-state index in [1.807, 2.05) is 44.0 Å². The largest absolute Gasteiger partial charge is 0.394 e. The van der Waals surface area contributed by atoms with Crippen molar-refractivity contribution in [3.8, 4) is 0 Å². The first-order valence-electron chi connectivity index (χ1n) is 6.95. The first kappa shape index (κ1) is 17.3. The normalized spacial score (nSPS) is 12.6. The molecule has 0 aromatic heterocycles. The van der Waals surface area contributed by atoms with Gasteiger partial charge in [0, 0.05) is 29.8 Å². The summed E-state index contributed by atoms with van der Waals surface area (Å²) in [6.45, 7) is 11.2. The van der Waals surface area contributed by atoms with Gasteiger partial charge in [0.25, 0.3) is 0 Å². The van der Waals surface area contributed by atoms with Crippen LogP contribution in [-0.2, 0) is 6.54 Å². The number of rotatable bonds is 5.